The number of hydrogen-bond donors (Lipinski definition) is 2. The molecule has 0 aromatic heterocycles. The molecular weight excluding hydrogens is 488 g/mol. The minimum absolute atomic E-state index is 0. The van der Waals surface area contributed by atoms with Crippen LogP contribution in [0.15, 0.2) is 48.5 Å². The van der Waals surface area contributed by atoms with Crippen molar-refractivity contribution in [2.24, 2.45) is 0 Å². The van der Waals surface area contributed by atoms with Crippen LogP contribution in [0.2, 0.25) is 10.0 Å². The molecule has 2 N–H and O–H groups in total. The normalized spacial score (nSPS) is 19.1. The second-order valence-electron chi connectivity index (χ2n) is 7.89. The van der Waals surface area contributed by atoms with Gasteiger partial charge in [0.2, 0.25) is 0 Å². The van der Waals surface area contributed by atoms with Gasteiger partial charge in [-0.25, -0.2) is 4.79 Å². The van der Waals surface area contributed by atoms with Gasteiger partial charge in [-0.1, -0.05) is 65.7 Å². The number of amides is 1. The number of hydrogen-bond acceptors (Lipinski definition) is 4. The van der Waals surface area contributed by atoms with Crippen molar-refractivity contribution >= 4 is 70.7 Å². The predicted octanol–water partition coefficient (Wildman–Crippen LogP) is 4.67. The molecule has 1 amide bonds. The molecule has 9 heteroatoms. The summed E-state index contributed by atoms with van der Waals surface area (Å²) >= 11 is 12.1. The minimum atomic E-state index is -1.15. The van der Waals surface area contributed by atoms with E-state index in [2.05, 4.69) is 5.32 Å². The van der Waals surface area contributed by atoms with Gasteiger partial charge >= 0.3 is 35.5 Å². The molecule has 2 aromatic rings. The molecule has 0 saturated carbocycles. The Labute approximate surface area is 231 Å². The average Bonchev–Trinajstić information content (AvgIpc) is 3.05. The summed E-state index contributed by atoms with van der Waals surface area (Å²) in [6.45, 7) is 1.41. The van der Waals surface area contributed by atoms with Crippen molar-refractivity contribution in [1.29, 1.82) is 0 Å². The Morgan fingerprint density at radius 3 is 2.44 bits per heavy atom. The van der Waals surface area contributed by atoms with Crippen LogP contribution in [0.3, 0.4) is 0 Å². The Hall–Kier alpha value is -1.38. The van der Waals surface area contributed by atoms with Gasteiger partial charge < -0.3 is 19.9 Å². The van der Waals surface area contributed by atoms with E-state index < -0.39 is 17.9 Å². The van der Waals surface area contributed by atoms with Gasteiger partial charge in [-0.3, -0.25) is 4.79 Å². The zero-order valence-electron chi connectivity index (χ0n) is 18.4. The van der Waals surface area contributed by atoms with E-state index in [0.717, 1.165) is 37.0 Å². The van der Waals surface area contributed by atoms with Crippen molar-refractivity contribution in [3.8, 4) is 0 Å². The van der Waals surface area contributed by atoms with E-state index in [4.69, 9.17) is 32.7 Å². The van der Waals surface area contributed by atoms with Crippen LogP contribution in [-0.2, 0) is 19.9 Å². The van der Waals surface area contributed by atoms with Crippen molar-refractivity contribution in [2.45, 2.75) is 37.3 Å². The molecule has 1 heterocycles. The van der Waals surface area contributed by atoms with Gasteiger partial charge in [-0.05, 0) is 42.5 Å². The fraction of sp³-hybridized carbons (Fsp3) is 0.360. The second-order valence-corrected chi connectivity index (χ2v) is 8.70. The molecule has 0 bridgehead atoms. The van der Waals surface area contributed by atoms with Crippen LogP contribution in [-0.4, -0.2) is 72.9 Å². The second kappa shape index (κ2) is 13.6. The molecule has 34 heavy (non-hydrogen) atoms. The first-order valence-corrected chi connectivity index (χ1v) is 11.5. The zero-order valence-corrected chi connectivity index (χ0v) is 19.9. The van der Waals surface area contributed by atoms with Gasteiger partial charge in [0, 0.05) is 26.7 Å². The molecule has 2 atom stereocenters. The number of ether oxygens (including phenoxy) is 2. The van der Waals surface area contributed by atoms with Crippen LogP contribution in [0.25, 0.3) is 6.08 Å². The molecule has 1 aliphatic heterocycles. The van der Waals surface area contributed by atoms with E-state index in [1.807, 2.05) is 30.3 Å². The van der Waals surface area contributed by atoms with Crippen LogP contribution >= 0.6 is 23.2 Å². The summed E-state index contributed by atoms with van der Waals surface area (Å²) in [6.07, 6.45) is 6.28. The van der Waals surface area contributed by atoms with Gasteiger partial charge in [-0.15, -0.1) is 0 Å². The summed E-state index contributed by atoms with van der Waals surface area (Å²) in [7, 11) is 1.73. The first-order valence-electron chi connectivity index (χ1n) is 10.7. The Balaban J connectivity index is 0.00000408. The average molecular weight is 516 g/mol. The summed E-state index contributed by atoms with van der Waals surface area (Å²) in [4.78, 5) is 24.2. The van der Waals surface area contributed by atoms with Crippen LogP contribution in [0.5, 0.6) is 0 Å². The molecule has 1 aliphatic rings. The summed E-state index contributed by atoms with van der Waals surface area (Å²) in [6, 6.07) is 11.5. The number of carboxylic acid groups (broad SMARTS) is 1. The van der Waals surface area contributed by atoms with Gasteiger partial charge in [0.25, 0.3) is 5.91 Å². The Bertz CT molecular complexity index is 985. The third-order valence-corrected chi connectivity index (χ3v) is 6.45. The SMILES string of the molecule is COC1(c2ccc(/C=C/CC(NC(=O)c3c(Cl)cccc3Cl)C(=O)O)cc2)CCCOCC1.[NaH]. The molecule has 3 rings (SSSR count). The van der Waals surface area contributed by atoms with E-state index in [-0.39, 0.29) is 57.2 Å². The molecule has 0 radical (unpaired) electrons. The van der Waals surface area contributed by atoms with Crippen LogP contribution in [0, 0.1) is 0 Å². The van der Waals surface area contributed by atoms with Gasteiger partial charge in [0.1, 0.15) is 6.04 Å². The Morgan fingerprint density at radius 1 is 1.15 bits per heavy atom. The topological polar surface area (TPSA) is 84.9 Å². The van der Waals surface area contributed by atoms with Crippen LogP contribution < -0.4 is 5.32 Å². The van der Waals surface area contributed by atoms with Gasteiger partial charge in [0.05, 0.1) is 21.2 Å². The number of carbonyl (C=O) groups excluding carboxylic acids is 1. The van der Waals surface area contributed by atoms with Crippen molar-refractivity contribution in [3.05, 3.63) is 75.3 Å². The van der Waals surface area contributed by atoms with Crippen molar-refractivity contribution in [1.82, 2.24) is 5.32 Å². The molecule has 0 aliphatic carbocycles. The van der Waals surface area contributed by atoms with Crippen LogP contribution in [0.4, 0.5) is 0 Å². The van der Waals surface area contributed by atoms with Gasteiger partial charge in [-0.2, -0.15) is 0 Å². The first-order chi connectivity index (χ1) is 15.9. The fourth-order valence-electron chi connectivity index (χ4n) is 3.94. The summed E-state index contributed by atoms with van der Waals surface area (Å²) < 4.78 is 11.5. The molecule has 1 saturated heterocycles. The molecule has 178 valence electrons. The Morgan fingerprint density at radius 2 is 1.82 bits per heavy atom. The number of carboxylic acids is 1. The van der Waals surface area contributed by atoms with E-state index >= 15 is 0 Å². The van der Waals surface area contributed by atoms with Crippen LogP contribution in [0.1, 0.15) is 47.2 Å². The molecule has 1 fully saturated rings. The quantitative estimate of drug-likeness (QED) is 0.498. The van der Waals surface area contributed by atoms with E-state index in [1.54, 1.807) is 19.3 Å². The number of methoxy groups -OCH3 is 1. The third-order valence-electron chi connectivity index (χ3n) is 5.82. The fourth-order valence-corrected chi connectivity index (χ4v) is 4.51. The summed E-state index contributed by atoms with van der Waals surface area (Å²) in [5, 5.41) is 12.3. The predicted molar refractivity (Wildman–Crippen MR) is 136 cm³/mol. The Kier molecular flexibility index (Phi) is 11.6. The molecule has 6 nitrogen and oxygen atoms in total. The standard InChI is InChI=1S/C25H27Cl2NO5.Na.H/c1-32-25(13-4-15-33-16-14-25)18-11-9-17(10-12-18)5-2-8-21(24(30)31)28-23(29)22-19(26)6-3-7-20(22)27;;/h2-3,5-7,9-12,21H,4,8,13-16H2,1H3,(H,28,29)(H,30,31);;/b5-2+;;. The summed E-state index contributed by atoms with van der Waals surface area (Å²) in [5.41, 5.74) is 1.72. The van der Waals surface area contributed by atoms with E-state index in [1.165, 1.54) is 12.1 Å². The first kappa shape index (κ1) is 28.9. The monoisotopic (exact) mass is 515 g/mol. The zero-order chi connectivity index (χ0) is 23.8. The van der Waals surface area contributed by atoms with Crippen molar-refractivity contribution in [3.63, 3.8) is 0 Å². The maximum atomic E-state index is 12.5. The third kappa shape index (κ3) is 7.31. The number of nitrogens with one attached hydrogen (secondary N) is 1. The maximum absolute atomic E-state index is 12.5. The molecule has 2 aromatic carbocycles. The number of benzene rings is 2. The number of aliphatic carboxylic acids is 1. The van der Waals surface area contributed by atoms with E-state index in [0.29, 0.717) is 6.61 Å². The molecule has 0 spiro atoms. The number of halogens is 2. The number of rotatable bonds is 8. The van der Waals surface area contributed by atoms with Gasteiger partial charge in [0.15, 0.2) is 0 Å². The van der Waals surface area contributed by atoms with Crippen molar-refractivity contribution < 1.29 is 24.2 Å². The molecule has 2 unspecified atom stereocenters. The van der Waals surface area contributed by atoms with E-state index in [9.17, 15) is 14.7 Å². The molecular formula is C25H28Cl2NNaO5. The number of carbonyl (C=O) groups is 2. The van der Waals surface area contributed by atoms with Crippen molar-refractivity contribution in [2.75, 3.05) is 20.3 Å². The summed E-state index contributed by atoms with van der Waals surface area (Å²) in [5.74, 6) is -1.78.